The van der Waals surface area contributed by atoms with Crippen LogP contribution in [-0.4, -0.2) is 36.7 Å². The molecule has 0 amide bonds. The summed E-state index contributed by atoms with van der Waals surface area (Å²) in [5.41, 5.74) is 1.78. The third-order valence-corrected chi connectivity index (χ3v) is 4.95. The predicted octanol–water partition coefficient (Wildman–Crippen LogP) is 2.46. The van der Waals surface area contributed by atoms with Crippen LogP contribution < -0.4 is 4.74 Å². The largest absolute Gasteiger partial charge is 0.489 e. The van der Waals surface area contributed by atoms with E-state index in [4.69, 9.17) is 9.47 Å². The Balaban J connectivity index is 1.84. The average Bonchev–Trinajstić information content (AvgIpc) is 2.90. The molecule has 0 aliphatic carbocycles. The molecule has 110 valence electrons. The highest BCUT2D eigenvalue weighted by atomic mass is 16.5. The van der Waals surface area contributed by atoms with E-state index >= 15 is 0 Å². The second kappa shape index (κ2) is 4.60. The van der Waals surface area contributed by atoms with Gasteiger partial charge in [0.25, 0.3) is 0 Å². The van der Waals surface area contributed by atoms with Crippen LogP contribution in [0.4, 0.5) is 0 Å². The maximum absolute atomic E-state index is 12.5. The van der Waals surface area contributed by atoms with Crippen molar-refractivity contribution in [1.29, 1.82) is 0 Å². The molecule has 4 rings (SSSR count). The molecule has 0 radical (unpaired) electrons. The average molecular weight is 285 g/mol. The van der Waals surface area contributed by atoms with Gasteiger partial charge in [0, 0.05) is 12.1 Å². The fraction of sp³-hybridized carbons (Fsp3) is 0.471. The molecular formula is C17H19NO3. The van der Waals surface area contributed by atoms with Crippen LogP contribution in [-0.2, 0) is 9.53 Å². The van der Waals surface area contributed by atoms with E-state index in [1.54, 1.807) is 0 Å². The highest BCUT2D eigenvalue weighted by Gasteiger charge is 2.54. The molecule has 0 spiro atoms. The molecule has 2 atom stereocenters. The Hall–Kier alpha value is -1.81. The lowest BCUT2D eigenvalue weighted by molar-refractivity contribution is -0.154. The summed E-state index contributed by atoms with van der Waals surface area (Å²) in [6.07, 6.45) is 5.13. The first-order chi connectivity index (χ1) is 10.3. The monoisotopic (exact) mass is 285 g/mol. The van der Waals surface area contributed by atoms with Crippen LogP contribution in [0.2, 0.25) is 0 Å². The van der Waals surface area contributed by atoms with Gasteiger partial charge in [-0.15, -0.1) is 0 Å². The van der Waals surface area contributed by atoms with Gasteiger partial charge in [0.05, 0.1) is 13.2 Å². The standard InChI is InChI=1S/C17H19NO3/c1-20-16(19)17-8-4-5-9-18(17)15-12(10-17)11-21-14-7-3-2-6-13(14)15/h2-3,6-7,10,15H,4-5,8-9,11H2,1H3/t15-,17-/m0/s1. The van der Waals surface area contributed by atoms with E-state index < -0.39 is 5.54 Å². The molecule has 3 heterocycles. The highest BCUT2D eigenvalue weighted by Crippen LogP contribution is 2.51. The first-order valence-corrected chi connectivity index (χ1v) is 7.55. The minimum absolute atomic E-state index is 0.137. The van der Waals surface area contributed by atoms with E-state index in [1.807, 2.05) is 18.2 Å². The second-order valence-electron chi connectivity index (χ2n) is 6.01. The van der Waals surface area contributed by atoms with Crippen LogP contribution in [0.5, 0.6) is 5.75 Å². The number of carbonyl (C=O) groups is 1. The van der Waals surface area contributed by atoms with Crippen molar-refractivity contribution in [3.63, 3.8) is 0 Å². The number of methoxy groups -OCH3 is 1. The Morgan fingerprint density at radius 3 is 3.10 bits per heavy atom. The quantitative estimate of drug-likeness (QED) is 0.587. The molecule has 1 saturated heterocycles. The van der Waals surface area contributed by atoms with Gasteiger partial charge in [0.1, 0.15) is 17.9 Å². The van der Waals surface area contributed by atoms with Gasteiger partial charge in [-0.2, -0.15) is 0 Å². The van der Waals surface area contributed by atoms with Crippen molar-refractivity contribution < 1.29 is 14.3 Å². The van der Waals surface area contributed by atoms with Crippen molar-refractivity contribution in [2.24, 2.45) is 0 Å². The molecule has 1 aromatic rings. The number of piperidine rings is 1. The molecule has 0 saturated carbocycles. The normalized spacial score (nSPS) is 30.5. The Morgan fingerprint density at radius 1 is 1.38 bits per heavy atom. The predicted molar refractivity (Wildman–Crippen MR) is 78.1 cm³/mol. The van der Waals surface area contributed by atoms with Crippen LogP contribution in [0.3, 0.4) is 0 Å². The van der Waals surface area contributed by atoms with Gasteiger partial charge in [0.15, 0.2) is 0 Å². The fourth-order valence-electron chi connectivity index (χ4n) is 4.06. The van der Waals surface area contributed by atoms with E-state index in [2.05, 4.69) is 17.0 Å². The number of esters is 1. The zero-order chi connectivity index (χ0) is 14.4. The van der Waals surface area contributed by atoms with Crippen LogP contribution in [0, 0.1) is 0 Å². The van der Waals surface area contributed by atoms with Crippen molar-refractivity contribution in [3.05, 3.63) is 41.5 Å². The Labute approximate surface area is 124 Å². The third-order valence-electron chi connectivity index (χ3n) is 4.95. The summed E-state index contributed by atoms with van der Waals surface area (Å²) in [4.78, 5) is 14.8. The summed E-state index contributed by atoms with van der Waals surface area (Å²) >= 11 is 0. The molecule has 1 aromatic carbocycles. The minimum atomic E-state index is -0.589. The molecule has 3 aliphatic rings. The maximum atomic E-state index is 12.5. The SMILES string of the molecule is COC(=O)[C@]12C=C3COc4ccccc4[C@H]3N1CCCC2. The Bertz CT molecular complexity index is 624. The first kappa shape index (κ1) is 12.9. The number of nitrogens with zero attached hydrogens (tertiary/aromatic N) is 1. The lowest BCUT2D eigenvalue weighted by Gasteiger charge is -2.43. The van der Waals surface area contributed by atoms with E-state index in [1.165, 1.54) is 18.2 Å². The molecule has 3 aliphatic heterocycles. The molecule has 0 N–H and O–H groups in total. The molecule has 0 aromatic heterocycles. The third kappa shape index (κ3) is 1.69. The summed E-state index contributed by atoms with van der Waals surface area (Å²) in [5.74, 6) is 0.799. The van der Waals surface area contributed by atoms with E-state index in [-0.39, 0.29) is 12.0 Å². The van der Waals surface area contributed by atoms with Crippen LogP contribution in [0.1, 0.15) is 30.9 Å². The lowest BCUT2D eigenvalue weighted by Crippen LogP contribution is -2.54. The van der Waals surface area contributed by atoms with Crippen LogP contribution in [0.15, 0.2) is 35.9 Å². The molecule has 1 fully saturated rings. The Kier molecular flexibility index (Phi) is 2.82. The van der Waals surface area contributed by atoms with E-state index in [0.29, 0.717) is 6.61 Å². The van der Waals surface area contributed by atoms with Crippen molar-refractivity contribution in [2.45, 2.75) is 30.8 Å². The number of benzene rings is 1. The van der Waals surface area contributed by atoms with Crippen molar-refractivity contribution >= 4 is 5.97 Å². The minimum Gasteiger partial charge on any atom is -0.489 e. The van der Waals surface area contributed by atoms with Gasteiger partial charge >= 0.3 is 5.97 Å². The molecule has 0 unspecified atom stereocenters. The molecule has 4 heteroatoms. The van der Waals surface area contributed by atoms with Crippen molar-refractivity contribution in [1.82, 2.24) is 4.90 Å². The number of fused-ring (bicyclic) bond motifs is 5. The van der Waals surface area contributed by atoms with E-state index in [0.717, 1.165) is 31.6 Å². The molecule has 4 nitrogen and oxygen atoms in total. The van der Waals surface area contributed by atoms with Gasteiger partial charge in [-0.25, -0.2) is 4.79 Å². The number of carbonyl (C=O) groups excluding carboxylic acids is 1. The van der Waals surface area contributed by atoms with Crippen LogP contribution >= 0.6 is 0 Å². The van der Waals surface area contributed by atoms with Crippen LogP contribution in [0.25, 0.3) is 0 Å². The van der Waals surface area contributed by atoms with Crippen molar-refractivity contribution in [2.75, 3.05) is 20.3 Å². The smallest absolute Gasteiger partial charge is 0.330 e. The van der Waals surface area contributed by atoms with E-state index in [9.17, 15) is 4.79 Å². The van der Waals surface area contributed by atoms with Crippen molar-refractivity contribution in [3.8, 4) is 5.75 Å². The molecule has 0 bridgehead atoms. The molecule has 21 heavy (non-hydrogen) atoms. The van der Waals surface area contributed by atoms with Gasteiger partial charge in [-0.1, -0.05) is 18.2 Å². The summed E-state index contributed by atoms with van der Waals surface area (Å²) in [7, 11) is 1.48. The zero-order valence-corrected chi connectivity index (χ0v) is 12.2. The number of ether oxygens (including phenoxy) is 2. The Morgan fingerprint density at radius 2 is 2.24 bits per heavy atom. The molecular weight excluding hydrogens is 266 g/mol. The maximum Gasteiger partial charge on any atom is 0.330 e. The summed E-state index contributed by atoms with van der Waals surface area (Å²) in [6.45, 7) is 1.49. The van der Waals surface area contributed by atoms with Gasteiger partial charge in [0.2, 0.25) is 0 Å². The van der Waals surface area contributed by atoms with Gasteiger partial charge in [-0.3, -0.25) is 4.90 Å². The summed E-state index contributed by atoms with van der Waals surface area (Å²) in [6, 6.07) is 8.30. The topological polar surface area (TPSA) is 38.8 Å². The highest BCUT2D eigenvalue weighted by molar-refractivity contribution is 5.85. The lowest BCUT2D eigenvalue weighted by atomic mass is 9.88. The number of para-hydroxylation sites is 1. The van der Waals surface area contributed by atoms with Gasteiger partial charge < -0.3 is 9.47 Å². The first-order valence-electron chi connectivity index (χ1n) is 7.55. The second-order valence-corrected chi connectivity index (χ2v) is 6.01. The number of hydrogen-bond acceptors (Lipinski definition) is 4. The number of rotatable bonds is 1. The zero-order valence-electron chi connectivity index (χ0n) is 12.2. The summed E-state index contributed by atoms with van der Waals surface area (Å²) in [5, 5.41) is 0. The fourth-order valence-corrected chi connectivity index (χ4v) is 4.06. The number of hydrogen-bond donors (Lipinski definition) is 0. The van der Waals surface area contributed by atoms with Gasteiger partial charge in [-0.05, 0) is 37.0 Å². The summed E-state index contributed by atoms with van der Waals surface area (Å²) < 4.78 is 11.0.